The van der Waals surface area contributed by atoms with Crippen molar-refractivity contribution in [3.8, 4) is 0 Å². The molecule has 0 bridgehead atoms. The second kappa shape index (κ2) is 10.6. The van der Waals surface area contributed by atoms with Crippen molar-refractivity contribution in [3.05, 3.63) is 63.6 Å². The number of amides is 1. The molecule has 1 amide bonds. The zero-order valence-electron chi connectivity index (χ0n) is 17.5. The molecule has 2 aromatic rings. The molecule has 34 heavy (non-hydrogen) atoms. The minimum atomic E-state index is -4.85. The first-order valence-electron chi connectivity index (χ1n) is 10.2. The minimum Gasteiger partial charge on any atom is -0.435 e. The van der Waals surface area contributed by atoms with E-state index < -0.39 is 36.7 Å². The molecule has 2 aromatic carbocycles. The van der Waals surface area contributed by atoms with Crippen LogP contribution in [0.4, 0.5) is 36.8 Å². The second-order valence-corrected chi connectivity index (χ2v) is 8.73. The van der Waals surface area contributed by atoms with Crippen LogP contribution in [0.25, 0.3) is 0 Å². The number of carbonyl (C=O) groups excluding carboxylic acids is 1. The summed E-state index contributed by atoms with van der Waals surface area (Å²) in [4.78, 5) is 13.5. The topological polar surface area (TPSA) is 41.6 Å². The number of benzene rings is 2. The summed E-state index contributed by atoms with van der Waals surface area (Å²) >= 11 is 11.6. The van der Waals surface area contributed by atoms with Crippen LogP contribution in [0.15, 0.2) is 42.5 Å². The molecule has 12 heteroatoms. The fourth-order valence-corrected chi connectivity index (χ4v) is 4.05. The number of piperidine rings is 1. The summed E-state index contributed by atoms with van der Waals surface area (Å²) in [6.07, 6.45) is -12.1. The van der Waals surface area contributed by atoms with Gasteiger partial charge in [-0.05, 0) is 55.1 Å². The van der Waals surface area contributed by atoms with Crippen molar-refractivity contribution >= 4 is 35.0 Å². The lowest BCUT2D eigenvalue weighted by molar-refractivity contribution is -0.207. The van der Waals surface area contributed by atoms with Crippen molar-refractivity contribution in [1.29, 1.82) is 0 Å². The number of rotatable bonds is 5. The van der Waals surface area contributed by atoms with Crippen molar-refractivity contribution in [2.45, 2.75) is 37.2 Å². The Morgan fingerprint density at radius 2 is 1.82 bits per heavy atom. The molecule has 1 N–H and O–H groups in total. The number of hydrogen-bond donors (Lipinski definition) is 1. The molecule has 0 saturated carbocycles. The molecular formula is C22H20Cl2F6N2O2. The van der Waals surface area contributed by atoms with Gasteiger partial charge in [-0.1, -0.05) is 41.4 Å². The fraction of sp³-hybridized carbons (Fsp3) is 0.409. The first-order valence-corrected chi connectivity index (χ1v) is 11.0. The third-order valence-electron chi connectivity index (χ3n) is 5.40. The number of nitrogens with one attached hydrogen (secondary N) is 1. The van der Waals surface area contributed by atoms with Gasteiger partial charge in [-0.2, -0.15) is 26.3 Å². The molecule has 1 unspecified atom stereocenters. The van der Waals surface area contributed by atoms with Gasteiger partial charge in [0.1, 0.15) is 0 Å². The number of carbonyl (C=O) groups is 1. The predicted molar refractivity (Wildman–Crippen MR) is 116 cm³/mol. The summed E-state index contributed by atoms with van der Waals surface area (Å²) in [5.74, 6) is -0.380. The summed E-state index contributed by atoms with van der Waals surface area (Å²) in [6.45, 7) is -0.251. The van der Waals surface area contributed by atoms with E-state index in [4.69, 9.17) is 23.2 Å². The molecule has 0 aliphatic carbocycles. The summed E-state index contributed by atoms with van der Waals surface area (Å²) in [7, 11) is 0. The number of anilines is 1. The molecule has 1 heterocycles. The number of halogens is 8. The third kappa shape index (κ3) is 7.16. The van der Waals surface area contributed by atoms with Crippen LogP contribution in [0.1, 0.15) is 29.9 Å². The van der Waals surface area contributed by atoms with E-state index in [0.717, 1.165) is 12.1 Å². The van der Waals surface area contributed by atoms with Gasteiger partial charge < -0.3 is 4.74 Å². The van der Waals surface area contributed by atoms with E-state index in [1.807, 2.05) is 0 Å². The lowest BCUT2D eigenvalue weighted by atomic mass is 9.89. The molecule has 0 aromatic heterocycles. The highest BCUT2D eigenvalue weighted by atomic mass is 35.5. The van der Waals surface area contributed by atoms with Crippen molar-refractivity contribution in [1.82, 2.24) is 4.90 Å². The fourth-order valence-electron chi connectivity index (χ4n) is 3.75. The van der Waals surface area contributed by atoms with Gasteiger partial charge in [-0.3, -0.25) is 10.2 Å². The van der Waals surface area contributed by atoms with Crippen molar-refractivity contribution in [3.63, 3.8) is 0 Å². The van der Waals surface area contributed by atoms with E-state index in [-0.39, 0.29) is 28.2 Å². The molecular weight excluding hydrogens is 509 g/mol. The summed E-state index contributed by atoms with van der Waals surface area (Å²) in [5, 5.41) is 2.48. The SMILES string of the molecule is O=C(Nc1ccc(Cl)c(Cl)c1)OC(CN1CCC[C@@H](c2cccc(C(F)(F)F)c2)C1)C(F)(F)F. The smallest absolute Gasteiger partial charge is 0.426 e. The van der Waals surface area contributed by atoms with Crippen LogP contribution in [0.2, 0.25) is 10.0 Å². The van der Waals surface area contributed by atoms with Gasteiger partial charge in [-0.15, -0.1) is 0 Å². The Hall–Kier alpha value is -2.17. The largest absolute Gasteiger partial charge is 0.435 e. The van der Waals surface area contributed by atoms with Gasteiger partial charge in [0.05, 0.1) is 15.6 Å². The zero-order valence-corrected chi connectivity index (χ0v) is 19.0. The summed E-state index contributed by atoms with van der Waals surface area (Å²) in [5.41, 5.74) is -0.304. The zero-order chi connectivity index (χ0) is 25.1. The first kappa shape index (κ1) is 26.4. The maximum atomic E-state index is 13.6. The number of alkyl halides is 6. The lowest BCUT2D eigenvalue weighted by Crippen LogP contribution is -2.47. The van der Waals surface area contributed by atoms with Gasteiger partial charge in [0.2, 0.25) is 6.10 Å². The number of likely N-dealkylation sites (tertiary alicyclic amines) is 1. The highest BCUT2D eigenvalue weighted by molar-refractivity contribution is 6.42. The Labute approximate surface area is 201 Å². The summed E-state index contributed by atoms with van der Waals surface area (Å²) in [6, 6.07) is 8.77. The first-order chi connectivity index (χ1) is 15.8. The average molecular weight is 529 g/mol. The van der Waals surface area contributed by atoms with Crippen LogP contribution in [0.5, 0.6) is 0 Å². The standard InChI is InChI=1S/C22H20Cl2F6N2O2/c23-17-7-6-16(10-18(17)24)31-20(33)34-19(22(28,29)30)12-32-8-2-4-14(11-32)13-3-1-5-15(9-13)21(25,26)27/h1,3,5-7,9-10,14,19H,2,4,8,11-12H2,(H,31,33)/t14-,19?/m1/s1. The van der Waals surface area contributed by atoms with Gasteiger partial charge in [0, 0.05) is 18.8 Å². The molecule has 3 rings (SSSR count). The Balaban J connectivity index is 1.66. The molecule has 0 spiro atoms. The summed E-state index contributed by atoms with van der Waals surface area (Å²) < 4.78 is 84.5. The van der Waals surface area contributed by atoms with Crippen molar-refractivity contribution < 1.29 is 35.9 Å². The normalized spacial score (nSPS) is 18.4. The molecule has 2 atom stereocenters. The van der Waals surface area contributed by atoms with Crippen LogP contribution in [0, 0.1) is 0 Å². The Morgan fingerprint density at radius 3 is 2.47 bits per heavy atom. The number of ether oxygens (including phenoxy) is 1. The average Bonchev–Trinajstić information content (AvgIpc) is 2.75. The van der Waals surface area contributed by atoms with Crippen LogP contribution in [-0.2, 0) is 10.9 Å². The predicted octanol–water partition coefficient (Wildman–Crippen LogP) is 7.37. The van der Waals surface area contributed by atoms with Gasteiger partial charge in [0.15, 0.2) is 0 Å². The lowest BCUT2D eigenvalue weighted by Gasteiger charge is -2.35. The second-order valence-electron chi connectivity index (χ2n) is 7.91. The third-order valence-corrected chi connectivity index (χ3v) is 6.13. The van der Waals surface area contributed by atoms with Crippen LogP contribution >= 0.6 is 23.2 Å². The van der Waals surface area contributed by atoms with E-state index in [1.165, 1.54) is 35.2 Å². The molecule has 0 radical (unpaired) electrons. The van der Waals surface area contributed by atoms with E-state index in [1.54, 1.807) is 0 Å². The van der Waals surface area contributed by atoms with Crippen LogP contribution in [-0.4, -0.2) is 42.9 Å². The maximum Gasteiger partial charge on any atom is 0.426 e. The molecule has 1 saturated heterocycles. The van der Waals surface area contributed by atoms with E-state index in [0.29, 0.717) is 24.9 Å². The van der Waals surface area contributed by atoms with E-state index in [2.05, 4.69) is 10.1 Å². The van der Waals surface area contributed by atoms with Gasteiger partial charge >= 0.3 is 18.4 Å². The molecule has 4 nitrogen and oxygen atoms in total. The molecule has 1 aliphatic rings. The highest BCUT2D eigenvalue weighted by Gasteiger charge is 2.44. The number of nitrogens with zero attached hydrogens (tertiary/aromatic N) is 1. The monoisotopic (exact) mass is 528 g/mol. The van der Waals surface area contributed by atoms with Crippen molar-refractivity contribution in [2.75, 3.05) is 25.0 Å². The Bertz CT molecular complexity index is 1020. The van der Waals surface area contributed by atoms with Gasteiger partial charge in [0.25, 0.3) is 0 Å². The van der Waals surface area contributed by atoms with Crippen LogP contribution < -0.4 is 5.32 Å². The number of hydrogen-bond acceptors (Lipinski definition) is 3. The van der Waals surface area contributed by atoms with E-state index >= 15 is 0 Å². The minimum absolute atomic E-state index is 0.0980. The highest BCUT2D eigenvalue weighted by Crippen LogP contribution is 2.34. The quantitative estimate of drug-likeness (QED) is 0.412. The Morgan fingerprint density at radius 1 is 1.09 bits per heavy atom. The molecule has 186 valence electrons. The maximum absolute atomic E-state index is 13.6. The molecule has 1 aliphatic heterocycles. The van der Waals surface area contributed by atoms with Crippen LogP contribution in [0.3, 0.4) is 0 Å². The van der Waals surface area contributed by atoms with Gasteiger partial charge in [-0.25, -0.2) is 4.79 Å². The van der Waals surface area contributed by atoms with Crippen molar-refractivity contribution in [2.24, 2.45) is 0 Å². The Kier molecular flexibility index (Phi) is 8.26. The van der Waals surface area contributed by atoms with E-state index in [9.17, 15) is 31.1 Å². The molecule has 1 fully saturated rings.